The van der Waals surface area contributed by atoms with Gasteiger partial charge in [0.05, 0.1) is 22.9 Å². The lowest BCUT2D eigenvalue weighted by molar-refractivity contribution is 0.366. The van der Waals surface area contributed by atoms with Crippen LogP contribution in [0.25, 0.3) is 5.69 Å². The number of benzene rings is 2. The molecule has 0 spiro atoms. The van der Waals surface area contributed by atoms with Crippen molar-refractivity contribution in [2.45, 2.75) is 32.1 Å². The average molecular weight is 423 g/mol. The van der Waals surface area contributed by atoms with Gasteiger partial charge < -0.3 is 10.5 Å². The Bertz CT molecular complexity index is 1180. The molecule has 0 amide bonds. The fourth-order valence-electron chi connectivity index (χ4n) is 3.71. The molecule has 3 aromatic rings. The van der Waals surface area contributed by atoms with E-state index in [-0.39, 0.29) is 22.0 Å². The lowest BCUT2D eigenvalue weighted by Gasteiger charge is -2.28. The Balaban J connectivity index is 2.10. The highest BCUT2D eigenvalue weighted by molar-refractivity contribution is 6.31. The van der Waals surface area contributed by atoms with Crippen molar-refractivity contribution >= 4 is 11.6 Å². The summed E-state index contributed by atoms with van der Waals surface area (Å²) in [6.07, 6.45) is 0. The van der Waals surface area contributed by atoms with E-state index in [4.69, 9.17) is 27.2 Å². The van der Waals surface area contributed by atoms with Crippen LogP contribution >= 0.6 is 11.6 Å². The molecule has 5 nitrogen and oxygen atoms in total. The van der Waals surface area contributed by atoms with E-state index in [1.165, 1.54) is 12.1 Å². The molecule has 0 bridgehead atoms. The van der Waals surface area contributed by atoms with Gasteiger partial charge in [0.2, 0.25) is 11.8 Å². The second-order valence-electron chi connectivity index (χ2n) is 8.12. The third-order valence-electron chi connectivity index (χ3n) is 5.05. The molecule has 30 heavy (non-hydrogen) atoms. The molecule has 1 aliphatic heterocycles. The molecule has 0 aliphatic carbocycles. The Hall–Kier alpha value is -3.30. The number of nitriles is 1. The zero-order chi connectivity index (χ0) is 21.6. The smallest absolute Gasteiger partial charge is 0.229 e. The predicted molar refractivity (Wildman–Crippen MR) is 113 cm³/mol. The largest absolute Gasteiger partial charge is 0.422 e. The van der Waals surface area contributed by atoms with E-state index in [0.29, 0.717) is 17.1 Å². The first-order valence-electron chi connectivity index (χ1n) is 9.44. The number of nitrogens with two attached hydrogens (primary N) is 1. The monoisotopic (exact) mass is 422 g/mol. The number of nitrogens with zero attached hydrogens (tertiary/aromatic N) is 3. The number of aromatic nitrogens is 2. The van der Waals surface area contributed by atoms with Crippen LogP contribution in [0.4, 0.5) is 4.39 Å². The molecule has 2 N–H and O–H groups in total. The van der Waals surface area contributed by atoms with Crippen molar-refractivity contribution in [1.82, 2.24) is 9.78 Å². The van der Waals surface area contributed by atoms with Crippen LogP contribution in [0.15, 0.2) is 60.0 Å². The molecule has 2 heterocycles. The van der Waals surface area contributed by atoms with Crippen molar-refractivity contribution < 1.29 is 9.13 Å². The van der Waals surface area contributed by atoms with Crippen LogP contribution < -0.4 is 10.5 Å². The number of hydrogen-bond donors (Lipinski definition) is 1. The summed E-state index contributed by atoms with van der Waals surface area (Å²) in [6.45, 7) is 6.00. The maximum atomic E-state index is 15.0. The molecule has 152 valence electrons. The quantitative estimate of drug-likeness (QED) is 0.617. The van der Waals surface area contributed by atoms with E-state index in [2.05, 4.69) is 6.07 Å². The summed E-state index contributed by atoms with van der Waals surface area (Å²) >= 11 is 6.41. The fourth-order valence-corrected chi connectivity index (χ4v) is 3.98. The summed E-state index contributed by atoms with van der Waals surface area (Å²) in [5, 5.41) is 14.9. The fraction of sp³-hybridized carbons (Fsp3) is 0.217. The topological polar surface area (TPSA) is 76.9 Å². The summed E-state index contributed by atoms with van der Waals surface area (Å²) in [5.41, 5.74) is 8.01. The molecular formula is C23H20ClFN4O. The minimum Gasteiger partial charge on any atom is -0.422 e. The van der Waals surface area contributed by atoms with Crippen LogP contribution in [0.1, 0.15) is 43.5 Å². The average Bonchev–Trinajstić information content (AvgIpc) is 3.08. The van der Waals surface area contributed by atoms with Crippen molar-refractivity contribution in [2.24, 2.45) is 5.73 Å². The highest BCUT2D eigenvalue weighted by Crippen LogP contribution is 2.49. The van der Waals surface area contributed by atoms with Crippen LogP contribution in [-0.2, 0) is 5.41 Å². The number of ether oxygens (including phenoxy) is 1. The molecule has 4 rings (SSSR count). The zero-order valence-electron chi connectivity index (χ0n) is 16.8. The molecule has 1 aliphatic rings. The molecule has 0 unspecified atom stereocenters. The molecule has 0 fully saturated rings. The zero-order valence-corrected chi connectivity index (χ0v) is 17.5. The SMILES string of the molecule is CC(C)(C)c1nn(-c2ccccc2)c2c1[C@@H](c1c(F)cccc1Cl)C(C#N)=C(N)O2. The first-order chi connectivity index (χ1) is 14.2. The molecular weight excluding hydrogens is 403 g/mol. The van der Waals surface area contributed by atoms with Crippen molar-refractivity contribution in [3.63, 3.8) is 0 Å². The van der Waals surface area contributed by atoms with Gasteiger partial charge in [-0.2, -0.15) is 10.4 Å². The summed E-state index contributed by atoms with van der Waals surface area (Å²) < 4.78 is 22.5. The van der Waals surface area contributed by atoms with E-state index in [9.17, 15) is 9.65 Å². The normalized spacial score (nSPS) is 16.1. The number of halogens is 2. The molecule has 0 saturated heterocycles. The van der Waals surface area contributed by atoms with E-state index in [1.54, 1.807) is 10.7 Å². The standard InChI is InChI=1S/C23H20ClFN4O/c1-23(2,3)20-19-17(18-15(24)10-7-11-16(18)25)14(12-26)21(27)30-22(19)29(28-20)13-8-5-4-6-9-13/h4-11,17H,27H2,1-3H3/t17-/m1/s1. The lowest BCUT2D eigenvalue weighted by atomic mass is 9.78. The minimum absolute atomic E-state index is 0.0909. The van der Waals surface area contributed by atoms with Crippen molar-refractivity contribution in [3.8, 4) is 17.6 Å². The Morgan fingerprint density at radius 2 is 1.83 bits per heavy atom. The van der Waals surface area contributed by atoms with Crippen LogP contribution in [0.5, 0.6) is 5.88 Å². The maximum absolute atomic E-state index is 15.0. The van der Waals surface area contributed by atoms with Crippen LogP contribution in [0.3, 0.4) is 0 Å². The van der Waals surface area contributed by atoms with Crippen molar-refractivity contribution in [2.75, 3.05) is 0 Å². The van der Waals surface area contributed by atoms with Gasteiger partial charge in [-0.15, -0.1) is 0 Å². The highest BCUT2D eigenvalue weighted by Gasteiger charge is 2.41. The number of allylic oxidation sites excluding steroid dienone is 1. The van der Waals surface area contributed by atoms with Crippen LogP contribution in [-0.4, -0.2) is 9.78 Å². The highest BCUT2D eigenvalue weighted by atomic mass is 35.5. The number of fused-ring (bicyclic) bond motifs is 1. The van der Waals surface area contributed by atoms with Gasteiger partial charge in [0.25, 0.3) is 0 Å². The summed E-state index contributed by atoms with van der Waals surface area (Å²) in [5.74, 6) is -1.09. The van der Waals surface area contributed by atoms with Crippen LogP contribution in [0, 0.1) is 17.1 Å². The number of hydrogen-bond acceptors (Lipinski definition) is 4. The minimum atomic E-state index is -0.834. The van der Waals surface area contributed by atoms with E-state index in [0.717, 1.165) is 5.69 Å². The van der Waals surface area contributed by atoms with Gasteiger partial charge in [-0.25, -0.2) is 9.07 Å². The van der Waals surface area contributed by atoms with Gasteiger partial charge in [-0.05, 0) is 24.3 Å². The third kappa shape index (κ3) is 3.12. The summed E-state index contributed by atoms with van der Waals surface area (Å²) in [6, 6.07) is 16.0. The molecule has 0 saturated carbocycles. The Kier molecular flexibility index (Phi) is 4.79. The molecule has 1 atom stereocenters. The van der Waals surface area contributed by atoms with Gasteiger partial charge >= 0.3 is 0 Å². The third-order valence-corrected chi connectivity index (χ3v) is 5.38. The van der Waals surface area contributed by atoms with Gasteiger partial charge in [0.15, 0.2) is 0 Å². The van der Waals surface area contributed by atoms with Gasteiger partial charge in [0.1, 0.15) is 17.5 Å². The van der Waals surface area contributed by atoms with E-state index >= 15 is 0 Å². The van der Waals surface area contributed by atoms with Gasteiger partial charge in [-0.3, -0.25) is 0 Å². The molecule has 1 aromatic heterocycles. The van der Waals surface area contributed by atoms with Gasteiger partial charge in [0, 0.05) is 16.0 Å². The van der Waals surface area contributed by atoms with Gasteiger partial charge in [-0.1, -0.05) is 56.6 Å². The first-order valence-corrected chi connectivity index (χ1v) is 9.82. The van der Waals surface area contributed by atoms with E-state index < -0.39 is 17.2 Å². The Labute approximate surface area is 179 Å². The Morgan fingerprint density at radius 1 is 1.13 bits per heavy atom. The molecule has 0 radical (unpaired) electrons. The first kappa shape index (κ1) is 20.0. The van der Waals surface area contributed by atoms with E-state index in [1.807, 2.05) is 51.1 Å². The second kappa shape index (κ2) is 7.19. The predicted octanol–water partition coefficient (Wildman–Crippen LogP) is 5.18. The van der Waals surface area contributed by atoms with Crippen LogP contribution in [0.2, 0.25) is 5.02 Å². The lowest BCUT2D eigenvalue weighted by Crippen LogP contribution is -2.24. The van der Waals surface area contributed by atoms with Crippen molar-refractivity contribution in [3.05, 3.63) is 87.6 Å². The molecule has 7 heteroatoms. The van der Waals surface area contributed by atoms with Crippen molar-refractivity contribution in [1.29, 1.82) is 5.26 Å². The maximum Gasteiger partial charge on any atom is 0.229 e. The summed E-state index contributed by atoms with van der Waals surface area (Å²) in [7, 11) is 0. The Morgan fingerprint density at radius 3 is 2.43 bits per heavy atom. The molecule has 2 aromatic carbocycles. The number of rotatable bonds is 2. The number of para-hydroxylation sites is 1. The summed E-state index contributed by atoms with van der Waals surface area (Å²) in [4.78, 5) is 0. The second-order valence-corrected chi connectivity index (χ2v) is 8.53.